The van der Waals surface area contributed by atoms with E-state index in [1.54, 1.807) is 0 Å². The third kappa shape index (κ3) is 2.04. The quantitative estimate of drug-likeness (QED) is 0.664. The topological polar surface area (TPSA) is 12.9 Å². The van der Waals surface area contributed by atoms with Gasteiger partial charge in [-0.1, -0.05) is 0 Å². The van der Waals surface area contributed by atoms with Gasteiger partial charge in [0.05, 0.1) is 0 Å². The summed E-state index contributed by atoms with van der Waals surface area (Å²) in [6, 6.07) is 0. The lowest BCUT2D eigenvalue weighted by atomic mass is 10.2. The molecule has 0 aliphatic rings. The van der Waals surface area contributed by atoms with E-state index in [0.717, 1.165) is 9.13 Å². The van der Waals surface area contributed by atoms with Gasteiger partial charge in [-0.25, -0.2) is 8.78 Å². The number of nitrogens with zero attached hydrogens (tertiary/aromatic N) is 1. The average molecular weight is 395 g/mol. The summed E-state index contributed by atoms with van der Waals surface area (Å²) in [7, 11) is 0. The van der Waals surface area contributed by atoms with Gasteiger partial charge in [-0.05, 0) is 57.7 Å². The summed E-state index contributed by atoms with van der Waals surface area (Å²) in [4.78, 5) is 3.67. The molecule has 0 radical (unpaired) electrons. The van der Waals surface area contributed by atoms with E-state index in [1.807, 2.05) is 29.5 Å². The van der Waals surface area contributed by atoms with Crippen molar-refractivity contribution in [2.24, 2.45) is 0 Å². The zero-order valence-electron chi connectivity index (χ0n) is 6.11. The molecule has 0 N–H and O–H groups in total. The molecule has 12 heavy (non-hydrogen) atoms. The molecule has 0 saturated carbocycles. The van der Waals surface area contributed by atoms with Gasteiger partial charge < -0.3 is 0 Å². The maximum absolute atomic E-state index is 12.3. The Morgan fingerprint density at radius 3 is 2.50 bits per heavy atom. The second-order valence-corrected chi connectivity index (χ2v) is 4.47. The number of pyridine rings is 1. The number of alkyl halides is 2. The fourth-order valence-corrected chi connectivity index (χ4v) is 2.32. The predicted octanol–water partition coefficient (Wildman–Crippen LogP) is 3.54. The molecule has 66 valence electrons. The highest BCUT2D eigenvalue weighted by Gasteiger charge is 2.15. The molecule has 0 aliphatic carbocycles. The van der Waals surface area contributed by atoms with Crippen LogP contribution in [0.4, 0.5) is 8.78 Å². The Morgan fingerprint density at radius 2 is 2.00 bits per heavy atom. The maximum atomic E-state index is 12.3. The molecule has 1 nitrogen and oxygen atoms in total. The van der Waals surface area contributed by atoms with Gasteiger partial charge in [-0.3, -0.25) is 4.98 Å². The van der Waals surface area contributed by atoms with Crippen molar-refractivity contribution in [3.05, 3.63) is 24.6 Å². The van der Waals surface area contributed by atoms with Crippen molar-refractivity contribution in [1.82, 2.24) is 4.98 Å². The largest absolute Gasteiger partial charge is 0.281 e. The molecule has 0 saturated heterocycles. The van der Waals surface area contributed by atoms with Gasteiger partial charge in [-0.15, -0.1) is 0 Å². The third-order valence-corrected chi connectivity index (χ3v) is 3.89. The summed E-state index contributed by atoms with van der Waals surface area (Å²) in [5, 5.41) is 0. The highest BCUT2D eigenvalue weighted by molar-refractivity contribution is 14.1. The SMILES string of the molecule is Cc1c(I)cnc(C(F)F)c1I. The Kier molecular flexibility index (Phi) is 3.62. The van der Waals surface area contributed by atoms with Crippen LogP contribution in [0.15, 0.2) is 6.20 Å². The Bertz CT molecular complexity index is 302. The fraction of sp³-hybridized carbons (Fsp3) is 0.286. The van der Waals surface area contributed by atoms with Gasteiger partial charge in [-0.2, -0.15) is 0 Å². The average Bonchev–Trinajstić information content (AvgIpc) is 2.00. The highest BCUT2D eigenvalue weighted by atomic mass is 127. The van der Waals surface area contributed by atoms with Crippen molar-refractivity contribution < 1.29 is 8.78 Å². The van der Waals surface area contributed by atoms with E-state index >= 15 is 0 Å². The lowest BCUT2D eigenvalue weighted by Gasteiger charge is -2.06. The number of hydrogen-bond donors (Lipinski definition) is 0. The minimum atomic E-state index is -2.48. The van der Waals surface area contributed by atoms with E-state index in [0.29, 0.717) is 3.57 Å². The lowest BCUT2D eigenvalue weighted by molar-refractivity contribution is 0.145. The molecule has 5 heteroatoms. The van der Waals surface area contributed by atoms with Crippen LogP contribution >= 0.6 is 45.2 Å². The van der Waals surface area contributed by atoms with Crippen molar-refractivity contribution >= 4 is 45.2 Å². The van der Waals surface area contributed by atoms with Gasteiger partial charge in [0.15, 0.2) is 0 Å². The predicted molar refractivity (Wildman–Crippen MR) is 59.4 cm³/mol. The Morgan fingerprint density at radius 1 is 1.42 bits per heavy atom. The number of rotatable bonds is 1. The van der Waals surface area contributed by atoms with Crippen LogP contribution in [0, 0.1) is 14.1 Å². The standard InChI is InChI=1S/C7H5F2I2N/c1-3-4(10)2-12-6(5(3)11)7(8)9/h2,7H,1H3. The van der Waals surface area contributed by atoms with Gasteiger partial charge in [0.1, 0.15) is 5.69 Å². The van der Waals surface area contributed by atoms with Crippen molar-refractivity contribution in [3.63, 3.8) is 0 Å². The molecule has 0 amide bonds. The number of halogens is 4. The molecule has 1 aromatic rings. The van der Waals surface area contributed by atoms with Gasteiger partial charge in [0.2, 0.25) is 0 Å². The molecule has 1 rings (SSSR count). The summed E-state index contributed by atoms with van der Waals surface area (Å²) in [6.07, 6.45) is -1.01. The van der Waals surface area contributed by atoms with Crippen molar-refractivity contribution in [2.45, 2.75) is 13.3 Å². The summed E-state index contributed by atoms with van der Waals surface area (Å²) in [6.45, 7) is 1.82. The first kappa shape index (κ1) is 10.6. The molecule has 0 fully saturated rings. The molecule has 0 unspecified atom stereocenters. The van der Waals surface area contributed by atoms with Gasteiger partial charge in [0, 0.05) is 13.3 Å². The van der Waals surface area contributed by atoms with E-state index in [9.17, 15) is 8.78 Å². The lowest BCUT2D eigenvalue weighted by Crippen LogP contribution is -1.98. The first-order valence-electron chi connectivity index (χ1n) is 3.12. The molecular weight excluding hydrogens is 390 g/mol. The molecule has 1 heterocycles. The van der Waals surface area contributed by atoms with Crippen LogP contribution in [-0.4, -0.2) is 4.98 Å². The maximum Gasteiger partial charge on any atom is 0.281 e. The molecule has 0 spiro atoms. The van der Waals surface area contributed by atoms with Crippen molar-refractivity contribution in [2.75, 3.05) is 0 Å². The zero-order chi connectivity index (χ0) is 9.30. The Balaban J connectivity index is 3.27. The second kappa shape index (κ2) is 4.12. The molecular formula is C7H5F2I2N. The summed E-state index contributed by atoms with van der Waals surface area (Å²) >= 11 is 3.98. The smallest absolute Gasteiger partial charge is 0.253 e. The number of hydrogen-bond acceptors (Lipinski definition) is 1. The molecule has 0 aliphatic heterocycles. The normalized spacial score (nSPS) is 10.8. The summed E-state index contributed by atoms with van der Waals surface area (Å²) < 4.78 is 26.0. The highest BCUT2D eigenvalue weighted by Crippen LogP contribution is 2.26. The van der Waals surface area contributed by atoms with Crippen molar-refractivity contribution in [3.8, 4) is 0 Å². The van der Waals surface area contributed by atoms with E-state index < -0.39 is 6.43 Å². The second-order valence-electron chi connectivity index (χ2n) is 2.23. The van der Waals surface area contributed by atoms with Crippen LogP contribution in [0.1, 0.15) is 17.7 Å². The van der Waals surface area contributed by atoms with Crippen LogP contribution in [-0.2, 0) is 0 Å². The molecule has 1 aromatic heterocycles. The monoisotopic (exact) mass is 395 g/mol. The first-order chi connectivity index (χ1) is 5.54. The van der Waals surface area contributed by atoms with Gasteiger partial charge >= 0.3 is 0 Å². The van der Waals surface area contributed by atoms with Gasteiger partial charge in [0.25, 0.3) is 6.43 Å². The van der Waals surface area contributed by atoms with E-state index in [2.05, 4.69) is 27.6 Å². The van der Waals surface area contributed by atoms with Crippen molar-refractivity contribution in [1.29, 1.82) is 0 Å². The van der Waals surface area contributed by atoms with Crippen LogP contribution in [0.5, 0.6) is 0 Å². The Labute approximate surface area is 96.2 Å². The zero-order valence-corrected chi connectivity index (χ0v) is 10.4. The van der Waals surface area contributed by atoms with E-state index in [-0.39, 0.29) is 5.69 Å². The summed E-state index contributed by atoms with van der Waals surface area (Å²) in [5.74, 6) is 0. The van der Waals surface area contributed by atoms with E-state index in [1.165, 1.54) is 6.20 Å². The minimum absolute atomic E-state index is 0.117. The van der Waals surface area contributed by atoms with Crippen LogP contribution in [0.2, 0.25) is 0 Å². The van der Waals surface area contributed by atoms with Crippen LogP contribution in [0.3, 0.4) is 0 Å². The third-order valence-electron chi connectivity index (χ3n) is 1.44. The van der Waals surface area contributed by atoms with E-state index in [4.69, 9.17) is 0 Å². The molecule has 0 aromatic carbocycles. The molecule has 0 bridgehead atoms. The fourth-order valence-electron chi connectivity index (χ4n) is 0.729. The van der Waals surface area contributed by atoms with Crippen LogP contribution in [0.25, 0.3) is 0 Å². The summed E-state index contributed by atoms with van der Waals surface area (Å²) in [5.41, 5.74) is 0.759. The first-order valence-corrected chi connectivity index (χ1v) is 5.28. The van der Waals surface area contributed by atoms with Crippen LogP contribution < -0.4 is 0 Å². The minimum Gasteiger partial charge on any atom is -0.253 e. The molecule has 0 atom stereocenters. The Hall–Kier alpha value is 0.470. The number of aromatic nitrogens is 1.